The second kappa shape index (κ2) is 12.9. The maximum atomic E-state index is 4.83. The lowest BCUT2D eigenvalue weighted by molar-refractivity contribution is 0.356. The van der Waals surface area contributed by atoms with Gasteiger partial charge in [0.1, 0.15) is 17.5 Å². The standard InChI is InChI=1S/C42H56N6S3/c1-37(2,3)29-25-20-47-48-22-27(25)49-34(29)41(11,12)17-15-39(7,8)30-26-19-43-24-46-36(26)51-35(30)42(13,14)18-16-40(9,10)31-32-28(21-44-23-45-32)50-33(31)38(4,5)6/h19-24H,15-18H2,1-14H3. The van der Waals surface area contributed by atoms with Crippen LogP contribution in [0.5, 0.6) is 0 Å². The van der Waals surface area contributed by atoms with Crippen molar-refractivity contribution in [2.45, 2.75) is 155 Å². The lowest BCUT2D eigenvalue weighted by atomic mass is 9.68. The zero-order chi connectivity index (χ0) is 37.4. The fourth-order valence-corrected chi connectivity index (χ4v) is 12.1. The highest BCUT2D eigenvalue weighted by Crippen LogP contribution is 2.52. The largest absolute Gasteiger partial charge is 0.244 e. The molecule has 0 saturated carbocycles. The third-order valence-corrected chi connectivity index (χ3v) is 15.4. The summed E-state index contributed by atoms with van der Waals surface area (Å²) in [6.07, 6.45) is 15.5. The highest BCUT2D eigenvalue weighted by molar-refractivity contribution is 7.20. The molecular formula is C42H56N6S3. The van der Waals surface area contributed by atoms with Crippen LogP contribution in [0.3, 0.4) is 0 Å². The smallest absolute Gasteiger partial charge is 0.127 e. The molecule has 0 fully saturated rings. The quantitative estimate of drug-likeness (QED) is 0.139. The number of aromatic nitrogens is 6. The van der Waals surface area contributed by atoms with E-state index in [9.17, 15) is 0 Å². The van der Waals surface area contributed by atoms with Crippen molar-refractivity contribution in [2.75, 3.05) is 0 Å². The van der Waals surface area contributed by atoms with Crippen LogP contribution in [0.2, 0.25) is 0 Å². The van der Waals surface area contributed by atoms with Crippen molar-refractivity contribution in [3.8, 4) is 0 Å². The maximum absolute atomic E-state index is 4.83. The van der Waals surface area contributed by atoms with Gasteiger partial charge < -0.3 is 0 Å². The summed E-state index contributed by atoms with van der Waals surface area (Å²) < 4.78 is 2.40. The van der Waals surface area contributed by atoms with Crippen LogP contribution in [0.15, 0.2) is 37.4 Å². The summed E-state index contributed by atoms with van der Waals surface area (Å²) in [5.41, 5.74) is 5.12. The van der Waals surface area contributed by atoms with E-state index in [1.165, 1.54) is 51.5 Å². The SMILES string of the molecule is CC(C)(C)c1sc2cncnc2c1C(C)(C)CCC(C)(C)c1sc2ncncc2c1C(C)(C)CCC(C)(C)c1sc2cnncc2c1C(C)(C)C. The van der Waals surface area contributed by atoms with Gasteiger partial charge in [0, 0.05) is 37.8 Å². The van der Waals surface area contributed by atoms with Crippen molar-refractivity contribution >= 4 is 64.5 Å². The van der Waals surface area contributed by atoms with Crippen LogP contribution in [-0.4, -0.2) is 30.1 Å². The van der Waals surface area contributed by atoms with Crippen LogP contribution in [0.25, 0.3) is 30.5 Å². The number of fused-ring (bicyclic) bond motifs is 3. The Morgan fingerprint density at radius 1 is 0.451 bits per heavy atom. The Balaban J connectivity index is 1.34. The second-order valence-electron chi connectivity index (χ2n) is 19.2. The van der Waals surface area contributed by atoms with Gasteiger partial charge in [-0.1, -0.05) is 96.9 Å². The van der Waals surface area contributed by atoms with Crippen LogP contribution < -0.4 is 0 Å². The zero-order valence-electron chi connectivity index (χ0n) is 33.2. The fraction of sp³-hybridized carbons (Fsp3) is 0.571. The summed E-state index contributed by atoms with van der Waals surface area (Å²) >= 11 is 5.63. The van der Waals surface area contributed by atoms with Crippen LogP contribution in [0, 0.1) is 0 Å². The first-order chi connectivity index (χ1) is 23.5. The van der Waals surface area contributed by atoms with Crippen LogP contribution in [0.1, 0.15) is 154 Å². The molecule has 6 heterocycles. The minimum atomic E-state index is -0.0933. The molecule has 51 heavy (non-hydrogen) atoms. The Labute approximate surface area is 317 Å². The number of hydrogen-bond donors (Lipinski definition) is 0. The van der Waals surface area contributed by atoms with Crippen LogP contribution in [-0.2, 0) is 32.5 Å². The zero-order valence-corrected chi connectivity index (χ0v) is 35.7. The molecule has 0 aromatic carbocycles. The Morgan fingerprint density at radius 3 is 1.61 bits per heavy atom. The Bertz CT molecular complexity index is 2200. The van der Waals surface area contributed by atoms with Crippen molar-refractivity contribution in [2.24, 2.45) is 0 Å². The lowest BCUT2D eigenvalue weighted by Crippen LogP contribution is -2.30. The number of nitrogens with zero attached hydrogens (tertiary/aromatic N) is 6. The van der Waals surface area contributed by atoms with Gasteiger partial charge in [-0.3, -0.25) is 0 Å². The maximum Gasteiger partial charge on any atom is 0.127 e. The van der Waals surface area contributed by atoms with E-state index in [1.807, 2.05) is 52.6 Å². The second-order valence-corrected chi connectivity index (χ2v) is 22.3. The van der Waals surface area contributed by atoms with Crippen molar-refractivity contribution < 1.29 is 0 Å². The molecule has 0 amide bonds. The molecule has 0 bridgehead atoms. The summed E-state index contributed by atoms with van der Waals surface area (Å²) in [5.74, 6) is 0. The molecule has 0 N–H and O–H groups in total. The van der Waals surface area contributed by atoms with Gasteiger partial charge in [-0.15, -0.1) is 34.0 Å². The van der Waals surface area contributed by atoms with Gasteiger partial charge in [0.25, 0.3) is 0 Å². The number of thiophene rings is 3. The Morgan fingerprint density at radius 2 is 0.980 bits per heavy atom. The predicted molar refractivity (Wildman–Crippen MR) is 220 cm³/mol. The van der Waals surface area contributed by atoms with Gasteiger partial charge >= 0.3 is 0 Å². The molecule has 0 atom stereocenters. The van der Waals surface area contributed by atoms with Gasteiger partial charge in [-0.05, 0) is 74.9 Å². The Hall–Kier alpha value is -2.88. The van der Waals surface area contributed by atoms with Gasteiger partial charge in [-0.25, -0.2) is 19.9 Å². The predicted octanol–water partition coefficient (Wildman–Crippen LogP) is 12.4. The third kappa shape index (κ3) is 7.11. The van der Waals surface area contributed by atoms with Crippen molar-refractivity contribution in [1.29, 1.82) is 0 Å². The molecule has 0 aliphatic carbocycles. The first-order valence-electron chi connectivity index (χ1n) is 18.3. The minimum absolute atomic E-state index is 0.00514. The lowest BCUT2D eigenvalue weighted by Gasteiger charge is -2.37. The molecule has 0 aliphatic heterocycles. The third-order valence-electron chi connectivity index (χ3n) is 10.9. The van der Waals surface area contributed by atoms with E-state index < -0.39 is 0 Å². The molecule has 6 rings (SSSR count). The van der Waals surface area contributed by atoms with E-state index in [-0.39, 0.29) is 32.5 Å². The van der Waals surface area contributed by atoms with Crippen LogP contribution in [0.4, 0.5) is 0 Å². The first-order valence-corrected chi connectivity index (χ1v) is 20.7. The van der Waals surface area contributed by atoms with Gasteiger partial charge in [-0.2, -0.15) is 10.2 Å². The van der Waals surface area contributed by atoms with Gasteiger partial charge in [0.15, 0.2) is 0 Å². The number of hydrogen-bond acceptors (Lipinski definition) is 9. The van der Waals surface area contributed by atoms with E-state index in [4.69, 9.17) is 9.97 Å². The molecule has 9 heteroatoms. The highest BCUT2D eigenvalue weighted by atomic mass is 32.1. The minimum Gasteiger partial charge on any atom is -0.244 e. The van der Waals surface area contributed by atoms with Gasteiger partial charge in [0.05, 0.1) is 27.3 Å². The molecule has 0 saturated heterocycles. The summed E-state index contributed by atoms with van der Waals surface area (Å²) in [7, 11) is 0. The molecule has 0 spiro atoms. The molecule has 6 nitrogen and oxygen atoms in total. The summed E-state index contributed by atoms with van der Waals surface area (Å²) in [5, 5.41) is 11.0. The monoisotopic (exact) mass is 740 g/mol. The van der Waals surface area contributed by atoms with Gasteiger partial charge in [0.2, 0.25) is 0 Å². The molecule has 0 aliphatic rings. The molecule has 0 unspecified atom stereocenters. The van der Waals surface area contributed by atoms with E-state index in [0.717, 1.165) is 36.0 Å². The fourth-order valence-electron chi connectivity index (χ4n) is 7.80. The highest BCUT2D eigenvalue weighted by Gasteiger charge is 2.40. The van der Waals surface area contributed by atoms with Crippen molar-refractivity contribution in [3.05, 3.63) is 68.8 Å². The number of rotatable bonds is 10. The van der Waals surface area contributed by atoms with E-state index >= 15 is 0 Å². The first kappa shape index (κ1) is 37.9. The molecule has 0 radical (unpaired) electrons. The average molecular weight is 741 g/mol. The summed E-state index contributed by atoms with van der Waals surface area (Å²) in [6.45, 7) is 33.4. The summed E-state index contributed by atoms with van der Waals surface area (Å²) in [6, 6.07) is 0. The topological polar surface area (TPSA) is 77.3 Å². The summed E-state index contributed by atoms with van der Waals surface area (Å²) in [4.78, 5) is 24.0. The van der Waals surface area contributed by atoms with E-state index in [0.29, 0.717) is 0 Å². The van der Waals surface area contributed by atoms with Crippen LogP contribution >= 0.6 is 34.0 Å². The molecule has 272 valence electrons. The molecular weight excluding hydrogens is 685 g/mol. The van der Waals surface area contributed by atoms with E-state index in [2.05, 4.69) is 123 Å². The Kier molecular flexibility index (Phi) is 9.58. The molecule has 6 aromatic heterocycles. The normalized spacial score (nSPS) is 14.0. The molecule has 6 aromatic rings. The van der Waals surface area contributed by atoms with Crippen molar-refractivity contribution in [3.63, 3.8) is 0 Å². The van der Waals surface area contributed by atoms with E-state index in [1.54, 1.807) is 12.7 Å². The average Bonchev–Trinajstić information content (AvgIpc) is 3.76. The van der Waals surface area contributed by atoms with Crippen molar-refractivity contribution in [1.82, 2.24) is 30.1 Å².